The topological polar surface area (TPSA) is 56.8 Å². The maximum absolute atomic E-state index is 11.9. The molecule has 0 bridgehead atoms. The fraction of sp³-hybridized carbons (Fsp3) is 0.188. The van der Waals surface area contributed by atoms with E-state index in [-0.39, 0.29) is 19.3 Å². The van der Waals surface area contributed by atoms with E-state index < -0.39 is 0 Å². The van der Waals surface area contributed by atoms with E-state index in [0.717, 1.165) is 10.0 Å². The molecule has 1 N–H and O–H groups in total. The van der Waals surface area contributed by atoms with Crippen LogP contribution in [-0.2, 0) is 4.79 Å². The molecule has 0 saturated carbocycles. The van der Waals surface area contributed by atoms with Crippen molar-refractivity contribution in [1.82, 2.24) is 0 Å². The van der Waals surface area contributed by atoms with E-state index in [4.69, 9.17) is 14.2 Å². The monoisotopic (exact) mass is 363 g/mol. The standard InChI is InChI=1S/C16H14BrNO4/c1-10-2-4-13(12(17)6-10)20-8-16(19)18-11-3-5-14-15(7-11)22-9-21-14/h2-7H,8-9H2,1H3,(H,18,19). The Morgan fingerprint density at radius 1 is 1.23 bits per heavy atom. The van der Waals surface area contributed by atoms with Gasteiger partial charge >= 0.3 is 0 Å². The Morgan fingerprint density at radius 3 is 2.86 bits per heavy atom. The van der Waals surface area contributed by atoms with Crippen LogP contribution >= 0.6 is 15.9 Å². The average molecular weight is 364 g/mol. The second-order valence-electron chi connectivity index (χ2n) is 4.84. The third-order valence-corrected chi connectivity index (χ3v) is 3.72. The first kappa shape index (κ1) is 14.7. The van der Waals surface area contributed by atoms with E-state index >= 15 is 0 Å². The third-order valence-electron chi connectivity index (χ3n) is 3.10. The van der Waals surface area contributed by atoms with Crippen molar-refractivity contribution in [2.45, 2.75) is 6.92 Å². The molecule has 1 aliphatic rings. The van der Waals surface area contributed by atoms with Gasteiger partial charge in [0.25, 0.3) is 5.91 Å². The van der Waals surface area contributed by atoms with Crippen LogP contribution in [0.2, 0.25) is 0 Å². The second kappa shape index (κ2) is 6.27. The number of aryl methyl sites for hydroxylation is 1. The first-order valence-electron chi connectivity index (χ1n) is 6.70. The van der Waals surface area contributed by atoms with Crippen molar-refractivity contribution in [3.63, 3.8) is 0 Å². The number of halogens is 1. The van der Waals surface area contributed by atoms with Crippen LogP contribution in [0.1, 0.15) is 5.56 Å². The van der Waals surface area contributed by atoms with Crippen LogP contribution in [0.5, 0.6) is 17.2 Å². The number of hydrogen-bond donors (Lipinski definition) is 1. The summed E-state index contributed by atoms with van der Waals surface area (Å²) in [6.45, 7) is 2.12. The molecule has 0 aromatic heterocycles. The Balaban J connectivity index is 1.58. The Hall–Kier alpha value is -2.21. The van der Waals surface area contributed by atoms with Crippen LogP contribution in [0, 0.1) is 6.92 Å². The molecule has 0 atom stereocenters. The van der Waals surface area contributed by atoms with E-state index in [1.165, 1.54) is 0 Å². The van der Waals surface area contributed by atoms with Gasteiger partial charge in [0.1, 0.15) is 5.75 Å². The number of amides is 1. The molecule has 1 amide bonds. The zero-order valence-corrected chi connectivity index (χ0v) is 13.5. The molecule has 2 aromatic carbocycles. The second-order valence-corrected chi connectivity index (χ2v) is 5.69. The number of carbonyl (C=O) groups excluding carboxylic acids is 1. The maximum Gasteiger partial charge on any atom is 0.262 e. The van der Waals surface area contributed by atoms with Gasteiger partial charge in [-0.1, -0.05) is 6.07 Å². The predicted octanol–water partition coefficient (Wildman–Crippen LogP) is 3.50. The van der Waals surface area contributed by atoms with Gasteiger partial charge in [-0.25, -0.2) is 0 Å². The average Bonchev–Trinajstić information content (AvgIpc) is 2.94. The SMILES string of the molecule is Cc1ccc(OCC(=O)Nc2ccc3c(c2)OCO3)c(Br)c1. The van der Waals surface area contributed by atoms with Crippen molar-refractivity contribution < 1.29 is 19.0 Å². The van der Waals surface area contributed by atoms with Crippen LogP contribution < -0.4 is 19.5 Å². The minimum atomic E-state index is -0.244. The third kappa shape index (κ3) is 3.33. The van der Waals surface area contributed by atoms with Crippen molar-refractivity contribution in [1.29, 1.82) is 0 Å². The van der Waals surface area contributed by atoms with Gasteiger partial charge in [0.15, 0.2) is 18.1 Å². The molecule has 5 nitrogen and oxygen atoms in total. The minimum absolute atomic E-state index is 0.0733. The van der Waals surface area contributed by atoms with Crippen molar-refractivity contribution >= 4 is 27.5 Å². The normalized spacial score (nSPS) is 12.1. The Labute approximate surface area is 136 Å². The van der Waals surface area contributed by atoms with Crippen LogP contribution in [0.15, 0.2) is 40.9 Å². The lowest BCUT2D eigenvalue weighted by Crippen LogP contribution is -2.20. The first-order chi connectivity index (χ1) is 10.6. The van der Waals surface area contributed by atoms with Gasteiger partial charge in [0.2, 0.25) is 6.79 Å². The summed E-state index contributed by atoms with van der Waals surface area (Å²) in [6.07, 6.45) is 0. The number of benzene rings is 2. The van der Waals surface area contributed by atoms with Gasteiger partial charge in [-0.15, -0.1) is 0 Å². The Kier molecular flexibility index (Phi) is 4.20. The van der Waals surface area contributed by atoms with Crippen molar-refractivity contribution in [2.75, 3.05) is 18.7 Å². The van der Waals surface area contributed by atoms with Gasteiger partial charge in [-0.05, 0) is 52.7 Å². The van der Waals surface area contributed by atoms with E-state index in [0.29, 0.717) is 22.9 Å². The zero-order chi connectivity index (χ0) is 15.5. The van der Waals surface area contributed by atoms with Crippen LogP contribution in [0.4, 0.5) is 5.69 Å². The molecule has 114 valence electrons. The predicted molar refractivity (Wildman–Crippen MR) is 85.6 cm³/mol. The Morgan fingerprint density at radius 2 is 2.05 bits per heavy atom. The summed E-state index contributed by atoms with van der Waals surface area (Å²) >= 11 is 3.41. The molecule has 3 rings (SSSR count). The zero-order valence-electron chi connectivity index (χ0n) is 11.9. The smallest absolute Gasteiger partial charge is 0.262 e. The highest BCUT2D eigenvalue weighted by Crippen LogP contribution is 2.34. The Bertz CT molecular complexity index is 717. The van der Waals surface area contributed by atoms with E-state index in [9.17, 15) is 4.79 Å². The lowest BCUT2D eigenvalue weighted by atomic mass is 10.2. The summed E-state index contributed by atoms with van der Waals surface area (Å²) in [6, 6.07) is 10.9. The number of nitrogens with one attached hydrogen (secondary N) is 1. The highest BCUT2D eigenvalue weighted by molar-refractivity contribution is 9.10. The molecule has 0 saturated heterocycles. The molecule has 0 radical (unpaired) electrons. The van der Waals surface area contributed by atoms with Gasteiger partial charge < -0.3 is 19.5 Å². The van der Waals surface area contributed by atoms with Crippen LogP contribution in [0.3, 0.4) is 0 Å². The molecule has 0 aliphatic carbocycles. The van der Waals surface area contributed by atoms with Gasteiger partial charge in [-0.2, -0.15) is 0 Å². The molecule has 0 spiro atoms. The van der Waals surface area contributed by atoms with Crippen molar-refractivity contribution in [2.24, 2.45) is 0 Å². The number of ether oxygens (including phenoxy) is 3. The van der Waals surface area contributed by atoms with E-state index in [1.54, 1.807) is 18.2 Å². The van der Waals surface area contributed by atoms with Gasteiger partial charge in [0, 0.05) is 11.8 Å². The number of carbonyl (C=O) groups is 1. The fourth-order valence-corrected chi connectivity index (χ4v) is 2.65. The summed E-state index contributed by atoms with van der Waals surface area (Å²) in [5.41, 5.74) is 1.75. The summed E-state index contributed by atoms with van der Waals surface area (Å²) in [5.74, 6) is 1.69. The number of fused-ring (bicyclic) bond motifs is 1. The van der Waals surface area contributed by atoms with Gasteiger partial charge in [0.05, 0.1) is 4.47 Å². The van der Waals surface area contributed by atoms with E-state index in [1.807, 2.05) is 25.1 Å². The summed E-state index contributed by atoms with van der Waals surface area (Å²) in [7, 11) is 0. The highest BCUT2D eigenvalue weighted by Gasteiger charge is 2.14. The number of hydrogen-bond acceptors (Lipinski definition) is 4. The largest absolute Gasteiger partial charge is 0.483 e. The summed E-state index contributed by atoms with van der Waals surface area (Å²) in [4.78, 5) is 11.9. The quantitative estimate of drug-likeness (QED) is 0.902. The van der Waals surface area contributed by atoms with Gasteiger partial charge in [-0.3, -0.25) is 4.79 Å². The van der Waals surface area contributed by atoms with Crippen molar-refractivity contribution in [3.8, 4) is 17.2 Å². The fourth-order valence-electron chi connectivity index (χ4n) is 2.04. The molecule has 6 heteroatoms. The molecule has 0 fully saturated rings. The molecular formula is C16H14BrNO4. The lowest BCUT2D eigenvalue weighted by molar-refractivity contribution is -0.118. The maximum atomic E-state index is 11.9. The lowest BCUT2D eigenvalue weighted by Gasteiger charge is -2.09. The van der Waals surface area contributed by atoms with E-state index in [2.05, 4.69) is 21.2 Å². The highest BCUT2D eigenvalue weighted by atomic mass is 79.9. The number of rotatable bonds is 4. The summed E-state index contributed by atoms with van der Waals surface area (Å²) in [5, 5.41) is 2.76. The number of anilines is 1. The molecule has 1 aliphatic heterocycles. The molecule has 0 unspecified atom stereocenters. The summed E-state index contributed by atoms with van der Waals surface area (Å²) < 4.78 is 16.8. The van der Waals surface area contributed by atoms with Crippen LogP contribution in [0.25, 0.3) is 0 Å². The molecule has 22 heavy (non-hydrogen) atoms. The van der Waals surface area contributed by atoms with Crippen LogP contribution in [-0.4, -0.2) is 19.3 Å². The molecule has 2 aromatic rings. The minimum Gasteiger partial charge on any atom is -0.483 e. The first-order valence-corrected chi connectivity index (χ1v) is 7.49. The molecule has 1 heterocycles. The molecular weight excluding hydrogens is 350 g/mol. The van der Waals surface area contributed by atoms with Crippen molar-refractivity contribution in [3.05, 3.63) is 46.4 Å².